The van der Waals surface area contributed by atoms with Gasteiger partial charge in [0.05, 0.1) is 18.2 Å². The molecule has 162 valence electrons. The molecule has 0 bridgehead atoms. The number of tetrazole rings is 1. The molecule has 3 rings (SSSR count). The maximum atomic E-state index is 12.8. The molecule has 1 atom stereocenters. The van der Waals surface area contributed by atoms with Crippen LogP contribution >= 0.6 is 0 Å². The molecule has 1 aromatic carbocycles. The van der Waals surface area contributed by atoms with Crippen molar-refractivity contribution >= 4 is 10.9 Å². The van der Waals surface area contributed by atoms with Crippen LogP contribution in [0, 0.1) is 12.8 Å². The van der Waals surface area contributed by atoms with Crippen LogP contribution in [0.4, 0.5) is 0 Å². The number of nitrogens with zero attached hydrogens (tertiary/aromatic N) is 5. The molecule has 0 radical (unpaired) electrons. The maximum absolute atomic E-state index is 12.8. The first-order valence-electron chi connectivity index (χ1n) is 10.4. The molecular weight excluding hydrogens is 380 g/mol. The summed E-state index contributed by atoms with van der Waals surface area (Å²) >= 11 is 0. The summed E-state index contributed by atoms with van der Waals surface area (Å²) in [5, 5.41) is 23.2. The first-order valence-corrected chi connectivity index (χ1v) is 10.4. The molecule has 2 heterocycles. The van der Waals surface area contributed by atoms with Gasteiger partial charge in [-0.2, -0.15) is 0 Å². The molecule has 0 aliphatic carbocycles. The molecule has 0 spiro atoms. The number of benzene rings is 1. The van der Waals surface area contributed by atoms with Crippen LogP contribution in [0.3, 0.4) is 0 Å². The predicted octanol–water partition coefficient (Wildman–Crippen LogP) is 2.77. The highest BCUT2D eigenvalue weighted by Crippen LogP contribution is 2.30. The number of aliphatic hydroxyl groups excluding tert-OH is 1. The maximum Gasteiger partial charge on any atom is 0.252 e. The summed E-state index contributed by atoms with van der Waals surface area (Å²) in [6.45, 7) is 13.2. The van der Waals surface area contributed by atoms with Gasteiger partial charge < -0.3 is 10.1 Å². The number of aliphatic hydroxyl groups is 1. The molecule has 8 heteroatoms. The Labute approximate surface area is 176 Å². The molecular formula is C22H32N6O2. The summed E-state index contributed by atoms with van der Waals surface area (Å²) in [6, 6.07) is 7.76. The summed E-state index contributed by atoms with van der Waals surface area (Å²) in [4.78, 5) is 17.8. The summed E-state index contributed by atoms with van der Waals surface area (Å²) in [5.74, 6) is 0.907. The SMILES string of the molecule is Cc1ccc2[nH]c(=O)c(CN(CCO)C(c3nnnn3C(C)(C)C)C(C)C)cc2c1. The number of aromatic nitrogens is 5. The van der Waals surface area contributed by atoms with Gasteiger partial charge in [0.25, 0.3) is 5.56 Å². The van der Waals surface area contributed by atoms with Crippen molar-refractivity contribution < 1.29 is 5.11 Å². The van der Waals surface area contributed by atoms with Crippen LogP contribution in [0.25, 0.3) is 10.9 Å². The van der Waals surface area contributed by atoms with Crippen molar-refractivity contribution in [2.24, 2.45) is 5.92 Å². The lowest BCUT2D eigenvalue weighted by Crippen LogP contribution is -2.39. The molecule has 3 aromatic rings. The van der Waals surface area contributed by atoms with Gasteiger partial charge in [-0.05, 0) is 67.6 Å². The Morgan fingerprint density at radius 3 is 2.60 bits per heavy atom. The van der Waals surface area contributed by atoms with E-state index in [9.17, 15) is 9.90 Å². The minimum Gasteiger partial charge on any atom is -0.395 e. The third-order valence-corrected chi connectivity index (χ3v) is 5.26. The average Bonchev–Trinajstić information content (AvgIpc) is 3.12. The van der Waals surface area contributed by atoms with Gasteiger partial charge in [-0.25, -0.2) is 4.68 Å². The highest BCUT2D eigenvalue weighted by atomic mass is 16.3. The van der Waals surface area contributed by atoms with E-state index in [-0.39, 0.29) is 29.7 Å². The lowest BCUT2D eigenvalue weighted by atomic mass is 9.99. The van der Waals surface area contributed by atoms with Gasteiger partial charge in [0.2, 0.25) is 0 Å². The van der Waals surface area contributed by atoms with E-state index in [1.54, 1.807) is 0 Å². The number of nitrogens with one attached hydrogen (secondary N) is 1. The van der Waals surface area contributed by atoms with E-state index in [1.807, 2.05) is 29.8 Å². The van der Waals surface area contributed by atoms with Gasteiger partial charge >= 0.3 is 0 Å². The Bertz CT molecular complexity index is 1060. The van der Waals surface area contributed by atoms with Gasteiger partial charge in [0.15, 0.2) is 5.82 Å². The van der Waals surface area contributed by atoms with Crippen molar-refractivity contribution in [2.45, 2.75) is 59.7 Å². The van der Waals surface area contributed by atoms with E-state index in [2.05, 4.69) is 66.1 Å². The highest BCUT2D eigenvalue weighted by molar-refractivity contribution is 5.79. The summed E-state index contributed by atoms with van der Waals surface area (Å²) in [7, 11) is 0. The number of aromatic amines is 1. The van der Waals surface area contributed by atoms with Crippen LogP contribution in [-0.2, 0) is 12.1 Å². The second-order valence-corrected chi connectivity index (χ2v) is 9.22. The zero-order valence-electron chi connectivity index (χ0n) is 18.7. The third-order valence-electron chi connectivity index (χ3n) is 5.26. The van der Waals surface area contributed by atoms with Gasteiger partial charge in [-0.15, -0.1) is 5.10 Å². The smallest absolute Gasteiger partial charge is 0.252 e. The normalized spacial score (nSPS) is 13.5. The molecule has 1 unspecified atom stereocenters. The van der Waals surface area contributed by atoms with E-state index < -0.39 is 0 Å². The van der Waals surface area contributed by atoms with Crippen molar-refractivity contribution in [3.05, 3.63) is 51.6 Å². The first kappa shape index (κ1) is 22.1. The molecule has 2 N–H and O–H groups in total. The molecule has 0 aliphatic rings. The Kier molecular flexibility index (Phi) is 6.38. The van der Waals surface area contributed by atoms with Crippen molar-refractivity contribution in [3.63, 3.8) is 0 Å². The Morgan fingerprint density at radius 2 is 1.97 bits per heavy atom. The van der Waals surface area contributed by atoms with Crippen LogP contribution < -0.4 is 5.56 Å². The molecule has 0 amide bonds. The lowest BCUT2D eigenvalue weighted by molar-refractivity contribution is 0.101. The molecule has 0 saturated heterocycles. The number of rotatable bonds is 7. The predicted molar refractivity (Wildman–Crippen MR) is 117 cm³/mol. The van der Waals surface area contributed by atoms with Gasteiger partial charge in [-0.1, -0.05) is 25.5 Å². The fraction of sp³-hybridized carbons (Fsp3) is 0.545. The zero-order chi connectivity index (χ0) is 22.1. The van der Waals surface area contributed by atoms with E-state index in [1.165, 1.54) is 0 Å². The second-order valence-electron chi connectivity index (χ2n) is 9.22. The molecule has 0 saturated carbocycles. The summed E-state index contributed by atoms with van der Waals surface area (Å²) in [6.07, 6.45) is 0. The number of pyridine rings is 1. The van der Waals surface area contributed by atoms with Crippen molar-refractivity contribution in [2.75, 3.05) is 13.2 Å². The fourth-order valence-corrected chi connectivity index (χ4v) is 3.89. The Hall–Kier alpha value is -2.58. The van der Waals surface area contributed by atoms with Crippen LogP contribution in [0.5, 0.6) is 0 Å². The number of hydrogen-bond donors (Lipinski definition) is 2. The van der Waals surface area contributed by atoms with Gasteiger partial charge in [-0.3, -0.25) is 9.69 Å². The van der Waals surface area contributed by atoms with Gasteiger partial charge in [0, 0.05) is 24.2 Å². The molecule has 8 nitrogen and oxygen atoms in total. The van der Waals surface area contributed by atoms with Crippen LogP contribution in [-0.4, -0.2) is 48.3 Å². The minimum absolute atomic E-state index is 0.0229. The standard InChI is InChI=1S/C22H32N6O2/c1-14(2)19(20-24-25-26-28(20)22(4,5)6)27(9-10-29)13-17-12-16-11-15(3)7-8-18(16)23-21(17)30/h7-8,11-12,14,19,29H,9-10,13H2,1-6H3,(H,23,30). The van der Waals surface area contributed by atoms with Crippen LogP contribution in [0.1, 0.15) is 57.6 Å². The first-order chi connectivity index (χ1) is 14.1. The van der Waals surface area contributed by atoms with E-state index >= 15 is 0 Å². The summed E-state index contributed by atoms with van der Waals surface area (Å²) < 4.78 is 1.83. The van der Waals surface area contributed by atoms with E-state index in [0.29, 0.717) is 18.7 Å². The number of fused-ring (bicyclic) bond motifs is 1. The zero-order valence-corrected chi connectivity index (χ0v) is 18.7. The van der Waals surface area contributed by atoms with E-state index in [0.717, 1.165) is 22.3 Å². The van der Waals surface area contributed by atoms with Crippen molar-refractivity contribution in [3.8, 4) is 0 Å². The Balaban J connectivity index is 2.04. The molecule has 0 fully saturated rings. The van der Waals surface area contributed by atoms with Crippen molar-refractivity contribution in [1.29, 1.82) is 0 Å². The largest absolute Gasteiger partial charge is 0.395 e. The topological polar surface area (TPSA) is 99.9 Å². The lowest BCUT2D eigenvalue weighted by Gasteiger charge is -2.34. The number of H-pyrrole nitrogens is 1. The number of hydrogen-bond acceptors (Lipinski definition) is 6. The third kappa shape index (κ3) is 4.60. The van der Waals surface area contributed by atoms with Crippen LogP contribution in [0.15, 0.2) is 29.1 Å². The van der Waals surface area contributed by atoms with Crippen molar-refractivity contribution in [1.82, 2.24) is 30.1 Å². The number of aryl methyl sites for hydroxylation is 1. The van der Waals surface area contributed by atoms with Gasteiger partial charge in [0.1, 0.15) is 0 Å². The summed E-state index contributed by atoms with van der Waals surface area (Å²) in [5.41, 5.74) is 2.21. The molecule has 2 aromatic heterocycles. The second kappa shape index (κ2) is 8.65. The molecule has 0 aliphatic heterocycles. The fourth-order valence-electron chi connectivity index (χ4n) is 3.89. The molecule has 30 heavy (non-hydrogen) atoms. The quantitative estimate of drug-likeness (QED) is 0.619. The average molecular weight is 413 g/mol. The van der Waals surface area contributed by atoms with E-state index in [4.69, 9.17) is 0 Å². The monoisotopic (exact) mass is 412 g/mol. The minimum atomic E-state index is -0.283. The van der Waals surface area contributed by atoms with Crippen LogP contribution in [0.2, 0.25) is 0 Å². The Morgan fingerprint density at radius 1 is 1.23 bits per heavy atom. The highest BCUT2D eigenvalue weighted by Gasteiger charge is 2.32.